The van der Waals surface area contributed by atoms with Crippen molar-refractivity contribution in [2.45, 2.75) is 36.2 Å². The molecule has 0 aliphatic heterocycles. The third-order valence-electron chi connectivity index (χ3n) is 3.05. The molecule has 2 atom stereocenters. The van der Waals surface area contributed by atoms with Crippen LogP contribution in [0.2, 0.25) is 0 Å². The van der Waals surface area contributed by atoms with Gasteiger partial charge in [-0.05, 0) is 25.7 Å². The third kappa shape index (κ3) is 11.2. The predicted octanol–water partition coefficient (Wildman–Crippen LogP) is -1.16. The molecule has 2 unspecified atom stereocenters. The maximum Gasteiger partial charge on any atom is 0.267 e. The maximum atomic E-state index is 11.2. The van der Waals surface area contributed by atoms with Crippen molar-refractivity contribution in [1.82, 2.24) is 0 Å². The van der Waals surface area contributed by atoms with Crippen LogP contribution < -0.4 is 0 Å². The van der Waals surface area contributed by atoms with Crippen LogP contribution in [0.3, 0.4) is 0 Å². The second-order valence-electron chi connectivity index (χ2n) is 5.00. The zero-order valence-corrected chi connectivity index (χ0v) is 15.4. The summed E-state index contributed by atoms with van der Waals surface area (Å²) in [6.45, 7) is 0. The Labute approximate surface area is 140 Å². The molecule has 0 fully saturated rings. The molecular formula is C8H18O12S4. The van der Waals surface area contributed by atoms with E-state index < -0.39 is 88.2 Å². The molecule has 4 N–H and O–H groups in total. The Kier molecular flexibility index (Phi) is 8.22. The van der Waals surface area contributed by atoms with Gasteiger partial charge in [0.05, 0.1) is 22.0 Å². The summed E-state index contributed by atoms with van der Waals surface area (Å²) in [5, 5.41) is -3.51. The SMILES string of the molecule is O=S(=O)(O)CCC(CCC(CCS(=O)(=O)O)S(=O)(=O)O)S(=O)(=O)O. The zero-order chi connectivity index (χ0) is 19.4. The first-order valence-corrected chi connectivity index (χ1v) is 12.5. The van der Waals surface area contributed by atoms with E-state index >= 15 is 0 Å². The van der Waals surface area contributed by atoms with Gasteiger partial charge in [0.15, 0.2) is 0 Å². The van der Waals surface area contributed by atoms with Crippen LogP contribution in [-0.4, -0.2) is 73.9 Å². The van der Waals surface area contributed by atoms with E-state index in [1.54, 1.807) is 0 Å². The number of hydrogen-bond donors (Lipinski definition) is 4. The highest BCUT2D eigenvalue weighted by Crippen LogP contribution is 2.19. The van der Waals surface area contributed by atoms with Crippen molar-refractivity contribution in [3.8, 4) is 0 Å². The minimum Gasteiger partial charge on any atom is -0.286 e. The lowest BCUT2D eigenvalue weighted by molar-refractivity contribution is 0.433. The van der Waals surface area contributed by atoms with E-state index in [0.29, 0.717) is 0 Å². The molecule has 146 valence electrons. The minimum absolute atomic E-state index is 0.635. The summed E-state index contributed by atoms with van der Waals surface area (Å²) in [5.74, 6) is -2.03. The second-order valence-corrected chi connectivity index (χ2v) is 11.5. The number of rotatable bonds is 11. The molecule has 0 amide bonds. The molecule has 0 aromatic heterocycles. The zero-order valence-electron chi connectivity index (χ0n) is 12.1. The molecular weight excluding hydrogens is 416 g/mol. The maximum absolute atomic E-state index is 11.2. The second kappa shape index (κ2) is 8.35. The highest BCUT2D eigenvalue weighted by atomic mass is 32.2. The summed E-state index contributed by atoms with van der Waals surface area (Å²) in [6.07, 6.45) is -2.75. The Morgan fingerprint density at radius 1 is 0.500 bits per heavy atom. The average Bonchev–Trinajstić information content (AvgIpc) is 2.26. The van der Waals surface area contributed by atoms with Crippen LogP contribution >= 0.6 is 0 Å². The van der Waals surface area contributed by atoms with Gasteiger partial charge < -0.3 is 0 Å². The summed E-state index contributed by atoms with van der Waals surface area (Å²) in [7, 11) is -18.6. The summed E-state index contributed by atoms with van der Waals surface area (Å²) >= 11 is 0. The molecule has 12 nitrogen and oxygen atoms in total. The molecule has 0 rings (SSSR count). The molecule has 0 saturated carbocycles. The van der Waals surface area contributed by atoms with Crippen LogP contribution in [-0.2, 0) is 40.5 Å². The first-order chi connectivity index (χ1) is 10.4. The van der Waals surface area contributed by atoms with Crippen LogP contribution in [0.4, 0.5) is 0 Å². The van der Waals surface area contributed by atoms with Crippen molar-refractivity contribution in [3.63, 3.8) is 0 Å². The van der Waals surface area contributed by atoms with Gasteiger partial charge in [-0.2, -0.15) is 33.7 Å². The van der Waals surface area contributed by atoms with Gasteiger partial charge in [0.1, 0.15) is 0 Å². The predicted molar refractivity (Wildman–Crippen MR) is 82.0 cm³/mol. The standard InChI is InChI=1S/C8H18O12S4/c9-21(10,11)5-3-7(23(15,16)17)1-2-8(24(18,19)20)4-6-22(12,13)14/h7-8H,1-6H2,(H,9,10,11)(H,12,13,14)(H,15,16,17)(H,18,19,20). The number of hydrogen-bond acceptors (Lipinski definition) is 8. The lowest BCUT2D eigenvalue weighted by Crippen LogP contribution is -2.29. The van der Waals surface area contributed by atoms with E-state index in [0.717, 1.165) is 0 Å². The Balaban J connectivity index is 5.11. The van der Waals surface area contributed by atoms with Crippen molar-refractivity contribution in [2.24, 2.45) is 0 Å². The van der Waals surface area contributed by atoms with Crippen LogP contribution in [0.1, 0.15) is 25.7 Å². The smallest absolute Gasteiger partial charge is 0.267 e. The van der Waals surface area contributed by atoms with Crippen LogP contribution in [0.15, 0.2) is 0 Å². The Bertz CT molecular complexity index is 747. The van der Waals surface area contributed by atoms with Gasteiger partial charge in [0, 0.05) is 0 Å². The normalized spacial score (nSPS) is 16.7. The molecule has 0 saturated heterocycles. The van der Waals surface area contributed by atoms with Crippen molar-refractivity contribution in [1.29, 1.82) is 0 Å². The molecule has 0 aliphatic carbocycles. The van der Waals surface area contributed by atoms with Gasteiger partial charge in [-0.25, -0.2) is 0 Å². The Hall–Kier alpha value is -0.360. The first kappa shape index (κ1) is 23.6. The average molecular weight is 434 g/mol. The molecule has 0 radical (unpaired) electrons. The highest BCUT2D eigenvalue weighted by molar-refractivity contribution is 7.87. The van der Waals surface area contributed by atoms with Crippen LogP contribution in [0, 0.1) is 0 Å². The fraction of sp³-hybridized carbons (Fsp3) is 1.00. The topological polar surface area (TPSA) is 217 Å². The van der Waals surface area contributed by atoms with Gasteiger partial charge >= 0.3 is 0 Å². The fourth-order valence-corrected chi connectivity index (χ4v) is 4.98. The summed E-state index contributed by atoms with van der Waals surface area (Å²) in [6, 6.07) is 0. The van der Waals surface area contributed by atoms with Gasteiger partial charge in [-0.15, -0.1) is 0 Å². The quantitative estimate of drug-likeness (QED) is 0.283. The molecule has 0 heterocycles. The van der Waals surface area contributed by atoms with Crippen LogP contribution in [0.25, 0.3) is 0 Å². The Morgan fingerprint density at radius 2 is 0.750 bits per heavy atom. The van der Waals surface area contributed by atoms with Gasteiger partial charge in [-0.3, -0.25) is 18.2 Å². The minimum atomic E-state index is -4.79. The molecule has 0 spiro atoms. The summed E-state index contributed by atoms with van der Waals surface area (Å²) < 4.78 is 122. The van der Waals surface area contributed by atoms with Crippen molar-refractivity contribution in [3.05, 3.63) is 0 Å². The van der Waals surface area contributed by atoms with E-state index in [1.807, 2.05) is 0 Å². The molecule has 16 heteroatoms. The first-order valence-electron chi connectivity index (χ1n) is 6.25. The summed E-state index contributed by atoms with van der Waals surface area (Å²) in [4.78, 5) is 0. The van der Waals surface area contributed by atoms with Crippen LogP contribution in [0.5, 0.6) is 0 Å². The molecule has 0 aromatic rings. The monoisotopic (exact) mass is 434 g/mol. The van der Waals surface area contributed by atoms with E-state index in [4.69, 9.17) is 18.2 Å². The largest absolute Gasteiger partial charge is 0.286 e. The van der Waals surface area contributed by atoms with E-state index in [9.17, 15) is 33.7 Å². The van der Waals surface area contributed by atoms with Gasteiger partial charge in [-0.1, -0.05) is 0 Å². The third-order valence-corrected chi connectivity index (χ3v) is 7.18. The molecule has 24 heavy (non-hydrogen) atoms. The van der Waals surface area contributed by atoms with Crippen molar-refractivity contribution >= 4 is 40.5 Å². The van der Waals surface area contributed by atoms with Gasteiger partial charge in [0.25, 0.3) is 40.5 Å². The lowest BCUT2D eigenvalue weighted by Gasteiger charge is -2.17. The van der Waals surface area contributed by atoms with Crippen molar-refractivity contribution in [2.75, 3.05) is 11.5 Å². The molecule has 0 aromatic carbocycles. The van der Waals surface area contributed by atoms with Gasteiger partial charge in [0.2, 0.25) is 0 Å². The molecule has 0 aliphatic rings. The fourth-order valence-electron chi connectivity index (χ4n) is 1.82. The summed E-state index contributed by atoms with van der Waals surface area (Å²) in [5.41, 5.74) is 0. The molecule has 0 bridgehead atoms. The van der Waals surface area contributed by atoms with E-state index in [2.05, 4.69) is 0 Å². The highest BCUT2D eigenvalue weighted by Gasteiger charge is 2.30. The van der Waals surface area contributed by atoms with E-state index in [-0.39, 0.29) is 0 Å². The van der Waals surface area contributed by atoms with Crippen molar-refractivity contribution < 1.29 is 51.9 Å². The van der Waals surface area contributed by atoms with E-state index in [1.165, 1.54) is 0 Å². The Morgan fingerprint density at radius 3 is 0.917 bits per heavy atom. The lowest BCUT2D eigenvalue weighted by atomic mass is 10.1.